The maximum absolute atomic E-state index is 6.00. The standard InChI is InChI=1S/C26H58O2S3Si2/c1-7-11-21-32(22-12-8-2)25(27-5)17-15-19-29-31-30-20-16-18-26(28-6)33(23-13-9-3)24-14-10-4/h25-26,32-33H,7-24H2,1-6H3. The number of hydrogen-bond donors (Lipinski definition) is 0. The van der Waals surface area contributed by atoms with Crippen LogP contribution in [0.5, 0.6) is 0 Å². The van der Waals surface area contributed by atoms with Crippen molar-refractivity contribution in [1.29, 1.82) is 0 Å². The molecule has 0 N–H and O–H groups in total. The molecule has 0 radical (unpaired) electrons. The van der Waals surface area contributed by atoms with E-state index in [1.807, 2.05) is 24.0 Å². The van der Waals surface area contributed by atoms with Crippen LogP contribution < -0.4 is 0 Å². The second kappa shape index (κ2) is 26.5. The topological polar surface area (TPSA) is 18.5 Å². The smallest absolute Gasteiger partial charge is 0.0716 e. The molecule has 0 aromatic rings. The molecule has 0 spiro atoms. The Morgan fingerprint density at radius 3 is 1.15 bits per heavy atom. The minimum Gasteiger partial charge on any atom is -0.385 e. The van der Waals surface area contributed by atoms with Gasteiger partial charge in [-0.1, -0.05) is 125 Å². The summed E-state index contributed by atoms with van der Waals surface area (Å²) in [7, 11) is 8.58. The summed E-state index contributed by atoms with van der Waals surface area (Å²) in [6.45, 7) is 9.31. The molecule has 0 bridgehead atoms. The normalized spacial score (nSPS) is 13.8. The SMILES string of the molecule is CCCC[SiH](CCCC)C(CCCSSSCCCC(OC)[SiH](CCCC)CCCC)OC. The largest absolute Gasteiger partial charge is 0.385 e. The van der Waals surface area contributed by atoms with Crippen molar-refractivity contribution in [2.24, 2.45) is 0 Å². The molecule has 0 amide bonds. The third kappa shape index (κ3) is 19.2. The molecule has 33 heavy (non-hydrogen) atoms. The predicted molar refractivity (Wildman–Crippen MR) is 166 cm³/mol. The summed E-state index contributed by atoms with van der Waals surface area (Å²) >= 11 is 0. The Kier molecular flexibility index (Phi) is 27.6. The molecule has 7 heteroatoms. The molecule has 0 saturated carbocycles. The third-order valence-electron chi connectivity index (χ3n) is 6.90. The van der Waals surface area contributed by atoms with E-state index in [2.05, 4.69) is 49.3 Å². The molecule has 0 aromatic carbocycles. The van der Waals surface area contributed by atoms with Crippen molar-refractivity contribution in [2.45, 2.75) is 140 Å². The van der Waals surface area contributed by atoms with Crippen molar-refractivity contribution < 1.29 is 9.47 Å². The van der Waals surface area contributed by atoms with Gasteiger partial charge in [-0.3, -0.25) is 0 Å². The molecular weight excluding hydrogens is 497 g/mol. The van der Waals surface area contributed by atoms with Crippen LogP contribution in [-0.4, -0.2) is 54.8 Å². The Hall–Kier alpha value is 1.40. The molecule has 0 aromatic heterocycles. The first-order valence-corrected chi connectivity index (χ1v) is 22.6. The van der Waals surface area contributed by atoms with Gasteiger partial charge in [-0.25, -0.2) is 0 Å². The van der Waals surface area contributed by atoms with Gasteiger partial charge in [0.1, 0.15) is 0 Å². The molecule has 0 heterocycles. The summed E-state index contributed by atoms with van der Waals surface area (Å²) in [5.74, 6) is 2.54. The van der Waals surface area contributed by atoms with E-state index in [4.69, 9.17) is 9.47 Å². The number of rotatable bonds is 26. The van der Waals surface area contributed by atoms with Crippen LogP contribution in [0.15, 0.2) is 0 Å². The Morgan fingerprint density at radius 2 is 0.879 bits per heavy atom. The maximum Gasteiger partial charge on any atom is 0.0716 e. The van der Waals surface area contributed by atoms with Gasteiger partial charge in [0.15, 0.2) is 0 Å². The van der Waals surface area contributed by atoms with Crippen molar-refractivity contribution in [3.05, 3.63) is 0 Å². The van der Waals surface area contributed by atoms with Crippen LogP contribution >= 0.6 is 31.4 Å². The van der Waals surface area contributed by atoms with Crippen LogP contribution in [0.1, 0.15) is 105 Å². The Morgan fingerprint density at radius 1 is 0.545 bits per heavy atom. The number of ether oxygens (including phenoxy) is 2. The van der Waals surface area contributed by atoms with Crippen LogP contribution in [0, 0.1) is 0 Å². The fraction of sp³-hybridized carbons (Fsp3) is 1.00. The van der Waals surface area contributed by atoms with Gasteiger partial charge in [0.2, 0.25) is 0 Å². The predicted octanol–water partition coefficient (Wildman–Crippen LogP) is 9.34. The highest BCUT2D eigenvalue weighted by Gasteiger charge is 2.22. The van der Waals surface area contributed by atoms with Crippen molar-refractivity contribution >= 4 is 49.0 Å². The Labute approximate surface area is 223 Å². The highest BCUT2D eigenvalue weighted by Crippen LogP contribution is 2.36. The monoisotopic (exact) mass is 554 g/mol. The van der Waals surface area contributed by atoms with E-state index < -0.39 is 17.6 Å². The third-order valence-corrected chi connectivity index (χ3v) is 19.2. The van der Waals surface area contributed by atoms with Gasteiger partial charge in [-0.2, -0.15) is 0 Å². The molecule has 0 aliphatic rings. The average molecular weight is 555 g/mol. The Balaban J connectivity index is 4.02. The highest BCUT2D eigenvalue weighted by atomic mass is 33.5. The van der Waals surface area contributed by atoms with E-state index in [-0.39, 0.29) is 0 Å². The first-order chi connectivity index (χ1) is 16.2. The van der Waals surface area contributed by atoms with E-state index in [1.54, 1.807) is 0 Å². The second-order valence-corrected chi connectivity index (χ2v) is 20.9. The van der Waals surface area contributed by atoms with Crippen molar-refractivity contribution in [1.82, 2.24) is 0 Å². The molecule has 2 unspecified atom stereocenters. The summed E-state index contributed by atoms with van der Waals surface area (Å²) in [4.78, 5) is 0. The molecule has 0 saturated heterocycles. The van der Waals surface area contributed by atoms with Crippen LogP contribution in [0.2, 0.25) is 24.2 Å². The number of hydrogen-bond acceptors (Lipinski definition) is 5. The van der Waals surface area contributed by atoms with Crippen LogP contribution in [0.4, 0.5) is 0 Å². The van der Waals surface area contributed by atoms with Crippen LogP contribution in [0.3, 0.4) is 0 Å². The zero-order valence-electron chi connectivity index (χ0n) is 23.1. The lowest BCUT2D eigenvalue weighted by Crippen LogP contribution is -2.32. The maximum atomic E-state index is 6.00. The molecule has 0 aliphatic carbocycles. The van der Waals surface area contributed by atoms with Crippen molar-refractivity contribution in [3.8, 4) is 0 Å². The molecule has 2 atom stereocenters. The highest BCUT2D eigenvalue weighted by molar-refractivity contribution is 9.09. The molecular formula is C26H58O2S3Si2. The van der Waals surface area contributed by atoms with Gasteiger partial charge in [0.25, 0.3) is 0 Å². The van der Waals surface area contributed by atoms with Crippen molar-refractivity contribution in [3.63, 3.8) is 0 Å². The molecule has 0 aliphatic heterocycles. The minimum absolute atomic E-state index is 0.602. The molecule has 0 rings (SSSR count). The van der Waals surface area contributed by atoms with E-state index >= 15 is 0 Å². The molecule has 2 nitrogen and oxygen atoms in total. The summed E-state index contributed by atoms with van der Waals surface area (Å²) in [6.07, 6.45) is 16.2. The van der Waals surface area contributed by atoms with E-state index in [9.17, 15) is 0 Å². The van der Waals surface area contributed by atoms with E-state index in [0.29, 0.717) is 11.5 Å². The Bertz CT molecular complexity index is 345. The van der Waals surface area contributed by atoms with Gasteiger partial charge < -0.3 is 9.47 Å². The molecule has 200 valence electrons. The quantitative estimate of drug-likeness (QED) is 0.0600. The van der Waals surface area contributed by atoms with Crippen LogP contribution in [-0.2, 0) is 9.47 Å². The summed E-state index contributed by atoms with van der Waals surface area (Å²) in [5.41, 5.74) is 1.20. The fourth-order valence-electron chi connectivity index (χ4n) is 4.78. The lowest BCUT2D eigenvalue weighted by molar-refractivity contribution is 0.151. The van der Waals surface area contributed by atoms with Crippen molar-refractivity contribution in [2.75, 3.05) is 25.7 Å². The second-order valence-electron chi connectivity index (χ2n) is 9.63. The van der Waals surface area contributed by atoms with Gasteiger partial charge >= 0.3 is 0 Å². The van der Waals surface area contributed by atoms with Gasteiger partial charge in [0, 0.05) is 37.2 Å². The zero-order chi connectivity index (χ0) is 24.6. The summed E-state index contributed by atoms with van der Waals surface area (Å²) < 4.78 is 12.0. The van der Waals surface area contributed by atoms with Gasteiger partial charge in [-0.15, -0.1) is 0 Å². The lowest BCUT2D eigenvalue weighted by atomic mass is 10.3. The van der Waals surface area contributed by atoms with Crippen LogP contribution in [0.25, 0.3) is 0 Å². The first-order valence-electron chi connectivity index (χ1n) is 14.1. The summed E-state index contributed by atoms with van der Waals surface area (Å²) in [6, 6.07) is 5.93. The number of methoxy groups -OCH3 is 2. The summed E-state index contributed by atoms with van der Waals surface area (Å²) in [5, 5.41) is 0. The van der Waals surface area contributed by atoms with E-state index in [1.165, 1.54) is 113 Å². The fourth-order valence-corrected chi connectivity index (χ4v) is 16.7. The van der Waals surface area contributed by atoms with Gasteiger partial charge in [-0.05, 0) is 35.5 Å². The zero-order valence-corrected chi connectivity index (χ0v) is 27.8. The minimum atomic E-state index is -0.747. The average Bonchev–Trinajstić information content (AvgIpc) is 2.84. The lowest BCUT2D eigenvalue weighted by Gasteiger charge is -2.25. The number of unbranched alkanes of at least 4 members (excludes halogenated alkanes) is 4. The van der Waals surface area contributed by atoms with E-state index in [0.717, 1.165) is 0 Å². The van der Waals surface area contributed by atoms with Gasteiger partial charge in [0.05, 0.1) is 17.6 Å². The molecule has 0 fully saturated rings. The first kappa shape index (κ1) is 34.4.